The van der Waals surface area contributed by atoms with E-state index in [2.05, 4.69) is 21.9 Å². The SMILES string of the molecule is C=C(c1ccc(F)c(C)c1)c1n[nH]c2c(=O)n(C3CC3)ncc12. The Morgan fingerprint density at radius 3 is 2.91 bits per heavy atom. The Labute approximate surface area is 131 Å². The van der Waals surface area contributed by atoms with Gasteiger partial charge in [-0.1, -0.05) is 12.6 Å². The van der Waals surface area contributed by atoms with Gasteiger partial charge in [-0.05, 0) is 43.0 Å². The summed E-state index contributed by atoms with van der Waals surface area (Å²) in [6, 6.07) is 4.99. The molecule has 0 spiro atoms. The third kappa shape index (κ3) is 2.18. The molecule has 3 aromatic rings. The first-order valence-electron chi connectivity index (χ1n) is 7.48. The van der Waals surface area contributed by atoms with Crippen molar-refractivity contribution in [3.05, 3.63) is 64.0 Å². The predicted molar refractivity (Wildman–Crippen MR) is 85.7 cm³/mol. The molecular formula is C17H15FN4O. The fraction of sp³-hybridized carbons (Fsp3) is 0.235. The maximum Gasteiger partial charge on any atom is 0.292 e. The lowest BCUT2D eigenvalue weighted by molar-refractivity contribution is 0.605. The Bertz CT molecular complexity index is 997. The number of hydrogen-bond donors (Lipinski definition) is 1. The van der Waals surface area contributed by atoms with Gasteiger partial charge >= 0.3 is 0 Å². The molecule has 1 N–H and O–H groups in total. The average molecular weight is 310 g/mol. The second-order valence-electron chi connectivity index (χ2n) is 5.93. The first kappa shape index (κ1) is 13.9. The van der Waals surface area contributed by atoms with Gasteiger partial charge in [0.05, 0.1) is 17.6 Å². The Kier molecular flexibility index (Phi) is 2.94. The van der Waals surface area contributed by atoms with Crippen LogP contribution in [0.25, 0.3) is 16.5 Å². The largest absolute Gasteiger partial charge is 0.292 e. The molecule has 5 nitrogen and oxygen atoms in total. The molecule has 116 valence electrons. The third-order valence-corrected chi connectivity index (χ3v) is 4.22. The van der Waals surface area contributed by atoms with E-state index in [-0.39, 0.29) is 17.4 Å². The number of aryl methyl sites for hydroxylation is 1. The molecule has 0 bridgehead atoms. The summed E-state index contributed by atoms with van der Waals surface area (Å²) in [6.07, 6.45) is 3.62. The lowest BCUT2D eigenvalue weighted by Gasteiger charge is -2.06. The van der Waals surface area contributed by atoms with Gasteiger partial charge in [0.2, 0.25) is 0 Å². The van der Waals surface area contributed by atoms with Crippen LogP contribution in [0.3, 0.4) is 0 Å². The number of fused-ring (bicyclic) bond motifs is 1. The Morgan fingerprint density at radius 1 is 1.43 bits per heavy atom. The summed E-state index contributed by atoms with van der Waals surface area (Å²) in [5.74, 6) is -0.262. The van der Waals surface area contributed by atoms with Gasteiger partial charge in [0, 0.05) is 5.57 Å². The second kappa shape index (κ2) is 4.87. The van der Waals surface area contributed by atoms with Gasteiger partial charge in [0.25, 0.3) is 5.56 Å². The standard InChI is InChI=1S/C17H15FN4O/c1-9-7-11(3-6-14(9)18)10(2)15-13-8-19-22(12-4-5-12)17(23)16(13)21-20-15/h3,6-8,12H,2,4-5H2,1H3,(H,20,21). The van der Waals surface area contributed by atoms with Crippen molar-refractivity contribution in [2.75, 3.05) is 0 Å². The van der Waals surface area contributed by atoms with E-state index >= 15 is 0 Å². The Morgan fingerprint density at radius 2 is 2.22 bits per heavy atom. The van der Waals surface area contributed by atoms with Crippen molar-refractivity contribution in [2.24, 2.45) is 0 Å². The number of nitrogens with one attached hydrogen (secondary N) is 1. The minimum atomic E-state index is -0.262. The number of hydrogen-bond acceptors (Lipinski definition) is 3. The molecule has 1 fully saturated rings. The van der Waals surface area contributed by atoms with E-state index in [1.165, 1.54) is 10.7 Å². The minimum Gasteiger partial charge on any atom is -0.272 e. The third-order valence-electron chi connectivity index (χ3n) is 4.22. The summed E-state index contributed by atoms with van der Waals surface area (Å²) in [5, 5.41) is 11.9. The average Bonchev–Trinajstić information content (AvgIpc) is 3.28. The van der Waals surface area contributed by atoms with Gasteiger partial charge in [0.15, 0.2) is 0 Å². The number of aromatic amines is 1. The molecule has 0 unspecified atom stereocenters. The van der Waals surface area contributed by atoms with Crippen LogP contribution in [0.4, 0.5) is 4.39 Å². The van der Waals surface area contributed by atoms with Crippen LogP contribution in [-0.4, -0.2) is 20.0 Å². The van der Waals surface area contributed by atoms with Gasteiger partial charge < -0.3 is 0 Å². The molecule has 1 aliphatic carbocycles. The molecule has 0 atom stereocenters. The maximum absolute atomic E-state index is 13.4. The number of H-pyrrole nitrogens is 1. The van der Waals surface area contributed by atoms with Crippen molar-refractivity contribution in [1.82, 2.24) is 20.0 Å². The van der Waals surface area contributed by atoms with Crippen molar-refractivity contribution < 1.29 is 4.39 Å². The van der Waals surface area contributed by atoms with Gasteiger partial charge in [-0.15, -0.1) is 0 Å². The van der Waals surface area contributed by atoms with Crippen LogP contribution in [0.1, 0.15) is 35.7 Å². The number of rotatable bonds is 3. The van der Waals surface area contributed by atoms with E-state index in [0.29, 0.717) is 27.7 Å². The minimum absolute atomic E-state index is 0.160. The van der Waals surface area contributed by atoms with Crippen LogP contribution < -0.4 is 5.56 Å². The zero-order valence-electron chi connectivity index (χ0n) is 12.6. The molecule has 2 heterocycles. The molecule has 1 saturated carbocycles. The van der Waals surface area contributed by atoms with Crippen LogP contribution in [0.2, 0.25) is 0 Å². The quantitative estimate of drug-likeness (QED) is 0.809. The summed E-state index contributed by atoms with van der Waals surface area (Å²) in [7, 11) is 0. The summed E-state index contributed by atoms with van der Waals surface area (Å²) < 4.78 is 14.9. The summed E-state index contributed by atoms with van der Waals surface area (Å²) in [4.78, 5) is 12.4. The molecule has 0 radical (unpaired) electrons. The lowest BCUT2D eigenvalue weighted by atomic mass is 10.0. The molecule has 1 aliphatic rings. The van der Waals surface area contributed by atoms with Crippen LogP contribution >= 0.6 is 0 Å². The van der Waals surface area contributed by atoms with E-state index in [1.54, 1.807) is 25.3 Å². The smallest absolute Gasteiger partial charge is 0.272 e. The molecule has 6 heteroatoms. The summed E-state index contributed by atoms with van der Waals surface area (Å²) in [6.45, 7) is 5.75. The Balaban J connectivity index is 1.82. The van der Waals surface area contributed by atoms with Crippen molar-refractivity contribution in [3.63, 3.8) is 0 Å². The monoisotopic (exact) mass is 310 g/mol. The predicted octanol–water partition coefficient (Wildman–Crippen LogP) is 2.96. The van der Waals surface area contributed by atoms with Crippen LogP contribution in [0.5, 0.6) is 0 Å². The van der Waals surface area contributed by atoms with Crippen LogP contribution in [0.15, 0.2) is 35.8 Å². The molecular weight excluding hydrogens is 295 g/mol. The fourth-order valence-corrected chi connectivity index (χ4v) is 2.70. The zero-order chi connectivity index (χ0) is 16.1. The molecule has 1 aromatic carbocycles. The highest BCUT2D eigenvalue weighted by Gasteiger charge is 2.27. The van der Waals surface area contributed by atoms with Gasteiger partial charge in [-0.3, -0.25) is 9.89 Å². The van der Waals surface area contributed by atoms with E-state index in [9.17, 15) is 9.18 Å². The van der Waals surface area contributed by atoms with E-state index in [0.717, 1.165) is 18.4 Å². The Hall–Kier alpha value is -2.76. The highest BCUT2D eigenvalue weighted by Crippen LogP contribution is 2.33. The van der Waals surface area contributed by atoms with Gasteiger partial charge in [-0.2, -0.15) is 10.2 Å². The number of nitrogens with zero attached hydrogens (tertiary/aromatic N) is 3. The van der Waals surface area contributed by atoms with Crippen molar-refractivity contribution in [1.29, 1.82) is 0 Å². The maximum atomic E-state index is 13.4. The zero-order valence-corrected chi connectivity index (χ0v) is 12.6. The first-order chi connectivity index (χ1) is 11.1. The van der Waals surface area contributed by atoms with Gasteiger partial charge in [-0.25, -0.2) is 9.07 Å². The van der Waals surface area contributed by atoms with Crippen molar-refractivity contribution >= 4 is 16.5 Å². The molecule has 0 aliphatic heterocycles. The van der Waals surface area contributed by atoms with Crippen molar-refractivity contribution in [3.8, 4) is 0 Å². The molecule has 4 rings (SSSR count). The van der Waals surface area contributed by atoms with Gasteiger partial charge in [0.1, 0.15) is 17.0 Å². The van der Waals surface area contributed by atoms with E-state index in [4.69, 9.17) is 0 Å². The normalized spacial score (nSPS) is 14.3. The van der Waals surface area contributed by atoms with Crippen molar-refractivity contribution in [2.45, 2.75) is 25.8 Å². The van der Waals surface area contributed by atoms with E-state index < -0.39 is 0 Å². The van der Waals surface area contributed by atoms with Crippen LogP contribution in [-0.2, 0) is 0 Å². The number of halogens is 1. The highest BCUT2D eigenvalue weighted by molar-refractivity contribution is 5.93. The molecule has 23 heavy (non-hydrogen) atoms. The second-order valence-corrected chi connectivity index (χ2v) is 5.93. The molecule has 2 aromatic heterocycles. The summed E-state index contributed by atoms with van der Waals surface area (Å²) in [5.41, 5.74) is 2.78. The number of aromatic nitrogens is 4. The lowest BCUT2D eigenvalue weighted by Crippen LogP contribution is -2.21. The van der Waals surface area contributed by atoms with E-state index in [1.807, 2.05) is 0 Å². The fourth-order valence-electron chi connectivity index (χ4n) is 2.70. The topological polar surface area (TPSA) is 63.6 Å². The highest BCUT2D eigenvalue weighted by atomic mass is 19.1. The van der Waals surface area contributed by atoms with Crippen LogP contribution in [0, 0.1) is 12.7 Å². The molecule has 0 saturated heterocycles. The summed E-state index contributed by atoms with van der Waals surface area (Å²) >= 11 is 0. The number of benzene rings is 1. The molecule has 0 amide bonds. The first-order valence-corrected chi connectivity index (χ1v) is 7.48.